The molecule has 0 aromatic rings. The summed E-state index contributed by atoms with van der Waals surface area (Å²) in [5.41, 5.74) is 0. The van der Waals surface area contributed by atoms with Crippen LogP contribution in [0.2, 0.25) is 6.04 Å². The van der Waals surface area contributed by atoms with Gasteiger partial charge in [0.15, 0.2) is 6.17 Å². The Kier molecular flexibility index (Phi) is 5.68. The molecule has 1 atom stereocenters. The van der Waals surface area contributed by atoms with E-state index in [1.807, 2.05) is 0 Å². The molecule has 4 nitrogen and oxygen atoms in total. The van der Waals surface area contributed by atoms with Crippen LogP contribution in [0, 0.1) is 0 Å². The van der Waals surface area contributed by atoms with Gasteiger partial charge in [-0.15, -0.1) is 0 Å². The van der Waals surface area contributed by atoms with Crippen LogP contribution in [0.5, 0.6) is 0 Å². The molecule has 0 radical (unpaired) electrons. The monoisotopic (exact) mass is 294 g/mol. The summed E-state index contributed by atoms with van der Waals surface area (Å²) < 4.78 is 59.0. The van der Waals surface area contributed by atoms with Crippen molar-refractivity contribution in [2.45, 2.75) is 25.1 Å². The fourth-order valence-electron chi connectivity index (χ4n) is 0.926. The molecule has 0 amide bonds. The van der Waals surface area contributed by atoms with Gasteiger partial charge in [-0.05, 0) is 6.92 Å². The van der Waals surface area contributed by atoms with Crippen LogP contribution in [0.15, 0.2) is 0 Å². The minimum absolute atomic E-state index is 0.640. The molecule has 1 saturated heterocycles. The second-order valence-corrected chi connectivity index (χ2v) is 11.0. The second-order valence-electron chi connectivity index (χ2n) is 3.11. The molecule has 0 aromatic carbocycles. The summed E-state index contributed by atoms with van der Waals surface area (Å²) in [7, 11) is -5.97. The van der Waals surface area contributed by atoms with Crippen molar-refractivity contribution in [3.8, 4) is 0 Å². The Bertz CT molecular complexity index is 189. The van der Waals surface area contributed by atoms with Crippen molar-refractivity contribution in [3.05, 3.63) is 0 Å². The largest absolute Gasteiger partial charge is 0.425 e. The van der Waals surface area contributed by atoms with Gasteiger partial charge in [0.25, 0.3) is 35.9 Å². The van der Waals surface area contributed by atoms with Crippen LogP contribution in [-0.2, 0) is 16.5 Å². The zero-order valence-corrected chi connectivity index (χ0v) is 13.6. The van der Waals surface area contributed by atoms with Crippen LogP contribution in [0.3, 0.4) is 0 Å². The lowest BCUT2D eigenvalue weighted by Crippen LogP contribution is -2.40. The van der Waals surface area contributed by atoms with Crippen molar-refractivity contribution in [2.24, 2.45) is 0 Å². The summed E-state index contributed by atoms with van der Waals surface area (Å²) in [5, 5.41) is 0. The molecule has 90 valence electrons. The number of hydrogen-bond donors (Lipinski definition) is 0. The Morgan fingerprint density at radius 3 is 2.20 bits per heavy atom. The van der Waals surface area contributed by atoms with E-state index in [4.69, 9.17) is 16.5 Å². The Morgan fingerprint density at radius 2 is 1.73 bits per heavy atom. The normalized spacial score (nSPS) is 31.6. The van der Waals surface area contributed by atoms with Crippen LogP contribution in [0.4, 0.5) is 13.2 Å². The molecule has 0 aliphatic carbocycles. The van der Waals surface area contributed by atoms with E-state index in [-0.39, 0.29) is 0 Å². The molecule has 1 fully saturated rings. The highest BCUT2D eigenvalue weighted by Gasteiger charge is 2.41. The Balaban J connectivity index is 2.40. The van der Waals surface area contributed by atoms with Gasteiger partial charge in [0, 0.05) is 0 Å². The van der Waals surface area contributed by atoms with Crippen molar-refractivity contribution >= 4 is 39.3 Å². The molecular formula is C4H13F3O4Si4. The third kappa shape index (κ3) is 4.90. The van der Waals surface area contributed by atoms with Crippen molar-refractivity contribution in [1.29, 1.82) is 0 Å². The topological polar surface area (TPSA) is 36.9 Å². The predicted octanol–water partition coefficient (Wildman–Crippen LogP) is -1.72. The van der Waals surface area contributed by atoms with E-state index in [0.717, 1.165) is 6.92 Å². The van der Waals surface area contributed by atoms with Gasteiger partial charge in [-0.25, -0.2) is 13.2 Å². The SMILES string of the molecule is CC(F)C(F)(F)C[SiH]1O[SiH2]O[SiH2]O[SiH2]O1. The molecule has 1 aliphatic rings. The first-order chi connectivity index (χ1) is 7.02. The van der Waals surface area contributed by atoms with Gasteiger partial charge in [0.05, 0.1) is 6.04 Å². The maximum absolute atomic E-state index is 13.0. The van der Waals surface area contributed by atoms with Crippen LogP contribution in [0.25, 0.3) is 0 Å². The fraction of sp³-hybridized carbons (Fsp3) is 1.00. The first-order valence-corrected chi connectivity index (χ1v) is 9.65. The highest BCUT2D eigenvalue weighted by atomic mass is 28.4. The summed E-state index contributed by atoms with van der Waals surface area (Å²) in [5.74, 6) is -3.36. The minimum atomic E-state index is -3.36. The summed E-state index contributed by atoms with van der Waals surface area (Å²) in [6.45, 7) is 0.839. The van der Waals surface area contributed by atoms with Gasteiger partial charge in [-0.1, -0.05) is 0 Å². The maximum atomic E-state index is 13.0. The van der Waals surface area contributed by atoms with Gasteiger partial charge < -0.3 is 16.5 Å². The van der Waals surface area contributed by atoms with E-state index >= 15 is 0 Å². The van der Waals surface area contributed by atoms with Crippen molar-refractivity contribution in [2.75, 3.05) is 0 Å². The van der Waals surface area contributed by atoms with Crippen LogP contribution in [-0.4, -0.2) is 51.4 Å². The molecule has 0 bridgehead atoms. The highest BCUT2D eigenvalue weighted by molar-refractivity contribution is 6.60. The number of halogens is 3. The Labute approximate surface area is 94.5 Å². The predicted molar refractivity (Wildman–Crippen MR) is 57.4 cm³/mol. The van der Waals surface area contributed by atoms with Crippen LogP contribution in [0.1, 0.15) is 6.92 Å². The number of rotatable bonds is 3. The third-order valence-corrected chi connectivity index (χ3v) is 9.47. The summed E-state index contributed by atoms with van der Waals surface area (Å²) in [6.07, 6.45) is -2.18. The molecule has 11 heteroatoms. The molecular weight excluding hydrogens is 281 g/mol. The highest BCUT2D eigenvalue weighted by Crippen LogP contribution is 2.28. The fourth-order valence-corrected chi connectivity index (χ4v) is 9.68. The van der Waals surface area contributed by atoms with Crippen molar-refractivity contribution < 1.29 is 29.6 Å². The Hall–Kier alpha value is 0.498. The van der Waals surface area contributed by atoms with Gasteiger partial charge >= 0.3 is 9.28 Å². The Morgan fingerprint density at radius 1 is 1.20 bits per heavy atom. The number of hydrogen-bond acceptors (Lipinski definition) is 4. The van der Waals surface area contributed by atoms with Gasteiger partial charge in [0.2, 0.25) is 0 Å². The molecule has 0 aromatic heterocycles. The lowest BCUT2D eigenvalue weighted by atomic mass is 10.3. The lowest BCUT2D eigenvalue weighted by molar-refractivity contribution is -0.0507. The third-order valence-electron chi connectivity index (χ3n) is 1.86. The minimum Gasteiger partial charge on any atom is -0.425 e. The zero-order valence-electron chi connectivity index (χ0n) is 8.25. The van der Waals surface area contributed by atoms with Gasteiger partial charge in [0.1, 0.15) is 0 Å². The van der Waals surface area contributed by atoms with Crippen molar-refractivity contribution in [3.63, 3.8) is 0 Å². The molecule has 0 N–H and O–H groups in total. The molecule has 1 rings (SSSR count). The maximum Gasteiger partial charge on any atom is 0.309 e. The van der Waals surface area contributed by atoms with E-state index in [1.165, 1.54) is 0 Å². The van der Waals surface area contributed by atoms with Gasteiger partial charge in [-0.3, -0.25) is 0 Å². The second kappa shape index (κ2) is 6.29. The zero-order chi connectivity index (χ0) is 11.3. The van der Waals surface area contributed by atoms with E-state index in [9.17, 15) is 13.2 Å². The average Bonchev–Trinajstić information content (AvgIpc) is 2.09. The molecule has 1 unspecified atom stereocenters. The lowest BCUT2D eigenvalue weighted by Gasteiger charge is -2.25. The summed E-state index contributed by atoms with van der Waals surface area (Å²) in [6, 6.07) is -0.640. The molecule has 0 saturated carbocycles. The first-order valence-electron chi connectivity index (χ1n) is 4.43. The standard InChI is InChI=1S/C4H13F3O4Si4/c1-3(5)4(6,7)2-15-10-13-8-12-9-14-11-15/h3,15H,2,12-14H2,1H3. The molecule has 1 aliphatic heterocycles. The first kappa shape index (κ1) is 13.6. The molecule has 1 heterocycles. The average molecular weight is 294 g/mol. The van der Waals surface area contributed by atoms with Gasteiger partial charge in [-0.2, -0.15) is 0 Å². The summed E-state index contributed by atoms with van der Waals surface area (Å²) in [4.78, 5) is 0. The van der Waals surface area contributed by atoms with Crippen LogP contribution >= 0.6 is 0 Å². The summed E-state index contributed by atoms with van der Waals surface area (Å²) >= 11 is 0. The van der Waals surface area contributed by atoms with E-state index in [0.29, 0.717) is 0 Å². The molecule has 15 heavy (non-hydrogen) atoms. The quantitative estimate of drug-likeness (QED) is 0.580. The van der Waals surface area contributed by atoms with E-state index < -0.39 is 57.4 Å². The van der Waals surface area contributed by atoms with Crippen molar-refractivity contribution in [1.82, 2.24) is 0 Å². The van der Waals surface area contributed by atoms with E-state index in [1.54, 1.807) is 0 Å². The van der Waals surface area contributed by atoms with Crippen LogP contribution < -0.4 is 0 Å². The smallest absolute Gasteiger partial charge is 0.309 e. The van der Waals surface area contributed by atoms with E-state index in [2.05, 4.69) is 0 Å². The number of alkyl halides is 3. The molecule has 0 spiro atoms.